The van der Waals surface area contributed by atoms with E-state index in [4.69, 9.17) is 9.47 Å². The van der Waals surface area contributed by atoms with Gasteiger partial charge in [0.25, 0.3) is 0 Å². The van der Waals surface area contributed by atoms with E-state index in [2.05, 4.69) is 4.74 Å². The van der Waals surface area contributed by atoms with Gasteiger partial charge in [0.15, 0.2) is 23.7 Å². The van der Waals surface area contributed by atoms with Crippen molar-refractivity contribution in [2.24, 2.45) is 5.92 Å². The van der Waals surface area contributed by atoms with Crippen LogP contribution in [0.5, 0.6) is 5.75 Å². The highest BCUT2D eigenvalue weighted by atomic mass is 19.3. The molecule has 5 rings (SSSR count). The molecule has 4 aromatic carbocycles. The predicted octanol–water partition coefficient (Wildman–Crippen LogP) is 10.3. The van der Waals surface area contributed by atoms with Crippen molar-refractivity contribution in [1.82, 2.24) is 0 Å². The standard InChI is InChI=1S/C34H24F10O3/c1-2-3-4-5-17-15-45-33(46-16-17)20-12-26(38)31(27(39)13-20)34(43,44)47-21-6-7-22(23(35)14-21)18-8-24(36)30(25(37)9-18)19-10-28(40)32(42)29(41)11-19/h2-3,6-14,17,33H,4-5,15-16H2,1H3. The molecular formula is C34H24F10O3. The highest BCUT2D eigenvalue weighted by Gasteiger charge is 2.42. The van der Waals surface area contributed by atoms with Gasteiger partial charge in [0.1, 0.15) is 40.4 Å². The minimum absolute atomic E-state index is 0.0386. The van der Waals surface area contributed by atoms with Crippen molar-refractivity contribution in [2.45, 2.75) is 32.2 Å². The van der Waals surface area contributed by atoms with Gasteiger partial charge in [-0.05, 0) is 79.4 Å². The summed E-state index contributed by atoms with van der Waals surface area (Å²) in [5.74, 6) is -13.6. The maximum absolute atomic E-state index is 15.0. The van der Waals surface area contributed by atoms with Gasteiger partial charge in [-0.1, -0.05) is 12.2 Å². The summed E-state index contributed by atoms with van der Waals surface area (Å²) in [7, 11) is 0. The smallest absolute Gasteiger partial charge is 0.429 e. The first kappa shape index (κ1) is 34.0. The molecule has 0 aromatic heterocycles. The molecule has 0 saturated carbocycles. The molecule has 0 N–H and O–H groups in total. The van der Waals surface area contributed by atoms with Crippen LogP contribution in [0.4, 0.5) is 43.9 Å². The average molecular weight is 671 g/mol. The van der Waals surface area contributed by atoms with E-state index < -0.39 is 92.5 Å². The largest absolute Gasteiger partial charge is 0.432 e. The van der Waals surface area contributed by atoms with Crippen molar-refractivity contribution < 1.29 is 58.1 Å². The molecule has 1 saturated heterocycles. The lowest BCUT2D eigenvalue weighted by atomic mass is 9.98. The van der Waals surface area contributed by atoms with Crippen LogP contribution in [0.1, 0.15) is 37.2 Å². The molecule has 0 bridgehead atoms. The molecule has 0 spiro atoms. The summed E-state index contributed by atoms with van der Waals surface area (Å²) >= 11 is 0. The third-order valence-corrected chi connectivity index (χ3v) is 7.38. The van der Waals surface area contributed by atoms with Gasteiger partial charge in [-0.25, -0.2) is 35.1 Å². The van der Waals surface area contributed by atoms with Crippen LogP contribution in [0.3, 0.4) is 0 Å². The van der Waals surface area contributed by atoms with Crippen LogP contribution >= 0.6 is 0 Å². The molecule has 0 unspecified atom stereocenters. The van der Waals surface area contributed by atoms with Crippen LogP contribution in [0.25, 0.3) is 22.3 Å². The summed E-state index contributed by atoms with van der Waals surface area (Å²) in [6.07, 6.45) is -0.434. The zero-order valence-corrected chi connectivity index (χ0v) is 24.3. The molecule has 248 valence electrons. The number of benzene rings is 4. The number of alkyl halides is 2. The van der Waals surface area contributed by atoms with E-state index in [9.17, 15) is 35.1 Å². The maximum Gasteiger partial charge on any atom is 0.432 e. The van der Waals surface area contributed by atoms with Gasteiger partial charge in [0.05, 0.1) is 18.8 Å². The van der Waals surface area contributed by atoms with Crippen molar-refractivity contribution in [1.29, 1.82) is 0 Å². The Morgan fingerprint density at radius 3 is 1.85 bits per heavy atom. The maximum atomic E-state index is 15.0. The van der Waals surface area contributed by atoms with Crippen LogP contribution in [0, 0.1) is 52.5 Å². The summed E-state index contributed by atoms with van der Waals surface area (Å²) in [6, 6.07) is 5.14. The first-order chi connectivity index (χ1) is 22.3. The number of halogens is 10. The molecule has 0 amide bonds. The fourth-order valence-corrected chi connectivity index (χ4v) is 5.10. The second kappa shape index (κ2) is 13.8. The van der Waals surface area contributed by atoms with Crippen molar-refractivity contribution in [2.75, 3.05) is 13.2 Å². The predicted molar refractivity (Wildman–Crippen MR) is 150 cm³/mol. The fraction of sp³-hybridized carbons (Fsp3) is 0.235. The van der Waals surface area contributed by atoms with E-state index in [0.717, 1.165) is 25.0 Å². The second-order valence-electron chi connectivity index (χ2n) is 10.7. The second-order valence-corrected chi connectivity index (χ2v) is 10.7. The average Bonchev–Trinajstić information content (AvgIpc) is 2.99. The Bertz CT molecular complexity index is 1750. The van der Waals surface area contributed by atoms with Gasteiger partial charge >= 0.3 is 6.11 Å². The number of ether oxygens (including phenoxy) is 3. The molecule has 0 atom stereocenters. The van der Waals surface area contributed by atoms with Crippen LogP contribution in [-0.2, 0) is 15.6 Å². The molecule has 1 aliphatic rings. The lowest BCUT2D eigenvalue weighted by Crippen LogP contribution is -2.28. The zero-order chi connectivity index (χ0) is 34.0. The Kier molecular flexibility index (Phi) is 9.97. The normalized spacial score (nSPS) is 17.0. The number of allylic oxidation sites excluding steroid dienone is 2. The quantitative estimate of drug-likeness (QED) is 0.101. The molecule has 1 heterocycles. The Morgan fingerprint density at radius 1 is 0.723 bits per heavy atom. The summed E-state index contributed by atoms with van der Waals surface area (Å²) in [6.45, 7) is 2.33. The monoisotopic (exact) mass is 670 g/mol. The van der Waals surface area contributed by atoms with Crippen LogP contribution < -0.4 is 4.74 Å². The minimum Gasteiger partial charge on any atom is -0.429 e. The zero-order valence-electron chi connectivity index (χ0n) is 24.3. The Hall–Kier alpha value is -4.36. The van der Waals surface area contributed by atoms with Gasteiger partial charge in [0, 0.05) is 23.1 Å². The van der Waals surface area contributed by atoms with Gasteiger partial charge in [-0.15, -0.1) is 0 Å². The fourth-order valence-electron chi connectivity index (χ4n) is 5.10. The van der Waals surface area contributed by atoms with E-state index in [1.54, 1.807) is 0 Å². The van der Waals surface area contributed by atoms with Gasteiger partial charge < -0.3 is 14.2 Å². The first-order valence-electron chi connectivity index (χ1n) is 14.1. The third-order valence-electron chi connectivity index (χ3n) is 7.38. The summed E-state index contributed by atoms with van der Waals surface area (Å²) in [5, 5.41) is 0. The van der Waals surface area contributed by atoms with E-state index in [-0.39, 0.29) is 24.7 Å². The van der Waals surface area contributed by atoms with Crippen LogP contribution in [-0.4, -0.2) is 13.2 Å². The molecule has 3 nitrogen and oxygen atoms in total. The molecule has 0 aliphatic carbocycles. The van der Waals surface area contributed by atoms with Gasteiger partial charge in [-0.3, -0.25) is 0 Å². The highest BCUT2D eigenvalue weighted by Crippen LogP contribution is 2.39. The third kappa shape index (κ3) is 7.31. The van der Waals surface area contributed by atoms with E-state index >= 15 is 8.78 Å². The molecule has 47 heavy (non-hydrogen) atoms. The molecule has 4 aromatic rings. The molecular weight excluding hydrogens is 646 g/mol. The van der Waals surface area contributed by atoms with E-state index in [1.807, 2.05) is 19.1 Å². The molecule has 1 aliphatic heterocycles. The lowest BCUT2D eigenvalue weighted by molar-refractivity contribution is -0.206. The SMILES string of the molecule is CC=CCCC1COC(c2cc(F)c(C(F)(F)Oc3ccc(-c4cc(F)c(-c5cc(F)c(F)c(F)c5)c(F)c4)c(F)c3)c(F)c2)OC1. The molecule has 13 heteroatoms. The Labute approximate surface area is 262 Å². The highest BCUT2D eigenvalue weighted by molar-refractivity contribution is 5.72. The lowest BCUT2D eigenvalue weighted by Gasteiger charge is -2.30. The van der Waals surface area contributed by atoms with Crippen LogP contribution in [0.15, 0.2) is 66.7 Å². The summed E-state index contributed by atoms with van der Waals surface area (Å²) in [4.78, 5) is 0. The van der Waals surface area contributed by atoms with Crippen LogP contribution in [0.2, 0.25) is 0 Å². The van der Waals surface area contributed by atoms with E-state index in [0.29, 0.717) is 42.5 Å². The number of rotatable bonds is 9. The van der Waals surface area contributed by atoms with Gasteiger partial charge in [-0.2, -0.15) is 8.78 Å². The first-order valence-corrected chi connectivity index (χ1v) is 14.1. The van der Waals surface area contributed by atoms with E-state index in [1.165, 1.54) is 0 Å². The van der Waals surface area contributed by atoms with Crippen molar-refractivity contribution >= 4 is 0 Å². The number of hydrogen-bond donors (Lipinski definition) is 0. The minimum atomic E-state index is -4.65. The topological polar surface area (TPSA) is 27.7 Å². The molecule has 1 fully saturated rings. The summed E-state index contributed by atoms with van der Waals surface area (Å²) < 4.78 is 161. The van der Waals surface area contributed by atoms with Crippen molar-refractivity contribution in [3.8, 4) is 28.0 Å². The van der Waals surface area contributed by atoms with Crippen molar-refractivity contribution in [3.63, 3.8) is 0 Å². The van der Waals surface area contributed by atoms with Gasteiger partial charge in [0.2, 0.25) is 0 Å². The Balaban J connectivity index is 1.33. The van der Waals surface area contributed by atoms with Crippen molar-refractivity contribution in [3.05, 3.63) is 124 Å². The number of hydrogen-bond acceptors (Lipinski definition) is 3. The Morgan fingerprint density at radius 2 is 1.30 bits per heavy atom. The molecule has 0 radical (unpaired) electrons. The summed E-state index contributed by atoms with van der Waals surface area (Å²) in [5.41, 5.74) is -4.52.